The third-order valence-electron chi connectivity index (χ3n) is 3.42. The van der Waals surface area contributed by atoms with E-state index in [1.165, 1.54) is 17.6 Å². The van der Waals surface area contributed by atoms with Gasteiger partial charge in [0.05, 0.1) is 17.0 Å². The van der Waals surface area contributed by atoms with Gasteiger partial charge in [0.15, 0.2) is 0 Å². The number of thiophene rings is 1. The quantitative estimate of drug-likeness (QED) is 0.559. The number of hydrogen-bond acceptors (Lipinski definition) is 4. The smallest absolute Gasteiger partial charge is 0.339 e. The Hall–Kier alpha value is -2.46. The minimum absolute atomic E-state index is 0.337. The molecule has 0 saturated carbocycles. The molecule has 1 N–H and O–H groups in total. The van der Waals surface area contributed by atoms with Crippen LogP contribution in [0.25, 0.3) is 21.2 Å². The monoisotopic (exact) mass is 309 g/mol. The van der Waals surface area contributed by atoms with Crippen molar-refractivity contribution in [3.05, 3.63) is 59.0 Å². The molecule has 0 aliphatic rings. The minimum Gasteiger partial charge on any atom is -0.462 e. The van der Waals surface area contributed by atoms with Gasteiger partial charge in [0.2, 0.25) is 0 Å². The van der Waals surface area contributed by atoms with Gasteiger partial charge in [-0.05, 0) is 23.8 Å². The van der Waals surface area contributed by atoms with Crippen LogP contribution in [0.4, 0.5) is 0 Å². The summed E-state index contributed by atoms with van der Waals surface area (Å²) in [6.07, 6.45) is 1.27. The van der Waals surface area contributed by atoms with Crippen LogP contribution in [0.1, 0.15) is 22.2 Å². The molecule has 1 aromatic heterocycles. The van der Waals surface area contributed by atoms with Crippen LogP contribution in [0.3, 0.4) is 0 Å². The molecule has 110 valence electrons. The molecule has 0 aliphatic heterocycles. The number of ether oxygens (including phenoxy) is 1. The number of esters is 1. The highest BCUT2D eigenvalue weighted by Gasteiger charge is 2.19. The van der Waals surface area contributed by atoms with E-state index in [1.54, 1.807) is 13.0 Å². The molecule has 0 radical (unpaired) electrons. The second-order valence-electron chi connectivity index (χ2n) is 4.78. The Morgan fingerprint density at radius 2 is 2.00 bits per heavy atom. The first-order valence-electron chi connectivity index (χ1n) is 7.04. The van der Waals surface area contributed by atoms with E-state index in [1.807, 2.05) is 42.5 Å². The summed E-state index contributed by atoms with van der Waals surface area (Å²) in [5.41, 5.74) is 1.53. The third kappa shape index (κ3) is 2.53. The summed E-state index contributed by atoms with van der Waals surface area (Å²) in [7, 11) is 0. The summed E-state index contributed by atoms with van der Waals surface area (Å²) in [5, 5.41) is 9.67. The Labute approximate surface area is 132 Å². The molecule has 0 aliphatic carbocycles. The van der Waals surface area contributed by atoms with E-state index in [4.69, 9.17) is 10.1 Å². The predicted octanol–water partition coefficient (Wildman–Crippen LogP) is 4.74. The van der Waals surface area contributed by atoms with E-state index in [-0.39, 0.29) is 5.97 Å². The number of carbonyl (C=O) groups excluding carboxylic acids is 1. The van der Waals surface area contributed by atoms with Crippen molar-refractivity contribution in [2.24, 2.45) is 0 Å². The first-order chi connectivity index (χ1) is 10.7. The van der Waals surface area contributed by atoms with Crippen LogP contribution in [-0.4, -0.2) is 18.8 Å². The molecular formula is C18H15NO2S. The normalized spacial score (nSPS) is 10.6. The van der Waals surface area contributed by atoms with Gasteiger partial charge in [-0.2, -0.15) is 0 Å². The summed E-state index contributed by atoms with van der Waals surface area (Å²) < 4.78 is 5.15. The van der Waals surface area contributed by atoms with E-state index in [0.717, 1.165) is 26.1 Å². The van der Waals surface area contributed by atoms with E-state index in [0.29, 0.717) is 12.2 Å². The van der Waals surface area contributed by atoms with Crippen LogP contribution in [-0.2, 0) is 4.74 Å². The number of rotatable bonds is 4. The SMILES string of the molecule is CCOC(=O)c1cc(C=N)sc1-c1cccc2ccccc12. The van der Waals surface area contributed by atoms with Crippen molar-refractivity contribution in [2.45, 2.75) is 6.92 Å². The fraction of sp³-hybridized carbons (Fsp3) is 0.111. The lowest BCUT2D eigenvalue weighted by molar-refractivity contribution is 0.0528. The number of nitrogens with one attached hydrogen (secondary N) is 1. The third-order valence-corrected chi connectivity index (χ3v) is 4.54. The first kappa shape index (κ1) is 14.5. The van der Waals surface area contributed by atoms with Crippen molar-refractivity contribution < 1.29 is 9.53 Å². The van der Waals surface area contributed by atoms with Gasteiger partial charge in [0.1, 0.15) is 0 Å². The molecule has 4 heteroatoms. The highest BCUT2D eigenvalue weighted by molar-refractivity contribution is 7.17. The Balaban J connectivity index is 2.24. The highest BCUT2D eigenvalue weighted by atomic mass is 32.1. The van der Waals surface area contributed by atoms with Gasteiger partial charge in [-0.3, -0.25) is 0 Å². The Morgan fingerprint density at radius 3 is 2.77 bits per heavy atom. The molecule has 0 fully saturated rings. The predicted molar refractivity (Wildman–Crippen MR) is 91.1 cm³/mol. The zero-order valence-electron chi connectivity index (χ0n) is 12.1. The van der Waals surface area contributed by atoms with E-state index >= 15 is 0 Å². The number of fused-ring (bicyclic) bond motifs is 1. The van der Waals surface area contributed by atoms with Crippen LogP contribution in [0.5, 0.6) is 0 Å². The van der Waals surface area contributed by atoms with Crippen molar-refractivity contribution in [1.29, 1.82) is 5.41 Å². The zero-order valence-corrected chi connectivity index (χ0v) is 12.9. The molecule has 3 aromatic rings. The molecule has 0 unspecified atom stereocenters. The summed E-state index contributed by atoms with van der Waals surface area (Å²) in [6.45, 7) is 2.13. The maximum Gasteiger partial charge on any atom is 0.339 e. The highest BCUT2D eigenvalue weighted by Crippen LogP contribution is 2.37. The van der Waals surface area contributed by atoms with Crippen molar-refractivity contribution in [3.8, 4) is 10.4 Å². The average molecular weight is 309 g/mol. The largest absolute Gasteiger partial charge is 0.462 e. The van der Waals surface area contributed by atoms with Gasteiger partial charge >= 0.3 is 5.97 Å². The summed E-state index contributed by atoms with van der Waals surface area (Å²) >= 11 is 1.44. The van der Waals surface area contributed by atoms with E-state index in [9.17, 15) is 4.79 Å². The molecule has 0 amide bonds. The molecule has 3 nitrogen and oxygen atoms in total. The zero-order chi connectivity index (χ0) is 15.5. The second kappa shape index (κ2) is 6.12. The number of carbonyl (C=O) groups is 1. The number of benzene rings is 2. The topological polar surface area (TPSA) is 50.2 Å². The van der Waals surface area contributed by atoms with Gasteiger partial charge in [-0.1, -0.05) is 42.5 Å². The Bertz CT molecular complexity index is 846. The molecule has 0 spiro atoms. The summed E-state index contributed by atoms with van der Waals surface area (Å²) in [6, 6.07) is 15.8. The van der Waals surface area contributed by atoms with Gasteiger partial charge in [0, 0.05) is 16.7 Å². The molecule has 1 heterocycles. The number of hydrogen-bond donors (Lipinski definition) is 1. The molecule has 22 heavy (non-hydrogen) atoms. The van der Waals surface area contributed by atoms with Gasteiger partial charge in [0.25, 0.3) is 0 Å². The fourth-order valence-corrected chi connectivity index (χ4v) is 3.48. The van der Waals surface area contributed by atoms with E-state index in [2.05, 4.69) is 0 Å². The molecular weight excluding hydrogens is 294 g/mol. The molecule has 0 saturated heterocycles. The van der Waals surface area contributed by atoms with Crippen LogP contribution in [0.15, 0.2) is 48.5 Å². The average Bonchev–Trinajstić information content (AvgIpc) is 2.99. The van der Waals surface area contributed by atoms with Crippen LogP contribution < -0.4 is 0 Å². The molecule has 2 aromatic carbocycles. The summed E-state index contributed by atoms with van der Waals surface area (Å²) in [4.78, 5) is 13.8. The fourth-order valence-electron chi connectivity index (χ4n) is 2.47. The lowest BCUT2D eigenvalue weighted by Crippen LogP contribution is -2.04. The molecule has 0 atom stereocenters. The second-order valence-corrected chi connectivity index (χ2v) is 5.87. The van der Waals surface area contributed by atoms with Gasteiger partial charge < -0.3 is 10.1 Å². The van der Waals surface area contributed by atoms with Crippen molar-refractivity contribution in [1.82, 2.24) is 0 Å². The van der Waals surface area contributed by atoms with Crippen LogP contribution in [0.2, 0.25) is 0 Å². The first-order valence-corrected chi connectivity index (χ1v) is 7.85. The lowest BCUT2D eigenvalue weighted by Gasteiger charge is -2.07. The molecule has 0 bridgehead atoms. The van der Waals surface area contributed by atoms with Crippen molar-refractivity contribution >= 4 is 34.3 Å². The maximum absolute atomic E-state index is 12.2. The van der Waals surface area contributed by atoms with Crippen molar-refractivity contribution in [3.63, 3.8) is 0 Å². The van der Waals surface area contributed by atoms with E-state index < -0.39 is 0 Å². The van der Waals surface area contributed by atoms with Gasteiger partial charge in [-0.15, -0.1) is 11.3 Å². The standard InChI is InChI=1S/C18H15NO2S/c1-2-21-18(20)16-10-13(11-19)22-17(16)15-9-5-7-12-6-3-4-8-14(12)15/h3-11,19H,2H2,1H3. The maximum atomic E-state index is 12.2. The lowest BCUT2D eigenvalue weighted by atomic mass is 10.0. The minimum atomic E-state index is -0.338. The van der Waals surface area contributed by atoms with Crippen LogP contribution in [0, 0.1) is 5.41 Å². The van der Waals surface area contributed by atoms with Gasteiger partial charge in [-0.25, -0.2) is 4.79 Å². The Morgan fingerprint density at radius 1 is 1.23 bits per heavy atom. The molecule has 3 rings (SSSR count). The summed E-state index contributed by atoms with van der Waals surface area (Å²) in [5.74, 6) is -0.338. The Kier molecular flexibility index (Phi) is 4.02. The van der Waals surface area contributed by atoms with Crippen molar-refractivity contribution in [2.75, 3.05) is 6.61 Å². The van der Waals surface area contributed by atoms with Crippen LogP contribution >= 0.6 is 11.3 Å².